The fourth-order valence-electron chi connectivity index (χ4n) is 3.80. The molecule has 6 heteroatoms. The van der Waals surface area contributed by atoms with Crippen LogP contribution >= 0.6 is 11.3 Å². The Hall–Kier alpha value is -2.60. The van der Waals surface area contributed by atoms with Gasteiger partial charge in [0.05, 0.1) is 25.4 Å². The van der Waals surface area contributed by atoms with Crippen molar-refractivity contribution in [3.8, 4) is 0 Å². The molecule has 0 fully saturated rings. The van der Waals surface area contributed by atoms with Crippen molar-refractivity contribution in [2.45, 2.75) is 45.4 Å². The van der Waals surface area contributed by atoms with E-state index in [9.17, 15) is 9.59 Å². The van der Waals surface area contributed by atoms with Gasteiger partial charge in [-0.2, -0.15) is 0 Å². The number of amides is 1. The first-order valence-electron chi connectivity index (χ1n) is 9.62. The molecule has 28 heavy (non-hydrogen) atoms. The number of hydrogen-bond acceptors (Lipinski definition) is 5. The van der Waals surface area contributed by atoms with Gasteiger partial charge in [-0.15, -0.1) is 11.3 Å². The van der Waals surface area contributed by atoms with Gasteiger partial charge >= 0.3 is 5.97 Å². The van der Waals surface area contributed by atoms with E-state index in [4.69, 9.17) is 9.15 Å². The Kier molecular flexibility index (Phi) is 5.22. The topological polar surface area (TPSA) is 68.5 Å². The highest BCUT2D eigenvalue weighted by atomic mass is 32.1. The first-order chi connectivity index (χ1) is 13.6. The number of fused-ring (bicyclic) bond motifs is 2. The van der Waals surface area contributed by atoms with Crippen molar-refractivity contribution in [2.24, 2.45) is 0 Å². The van der Waals surface area contributed by atoms with Gasteiger partial charge in [0.2, 0.25) is 5.91 Å². The van der Waals surface area contributed by atoms with Crippen molar-refractivity contribution in [2.75, 3.05) is 12.4 Å². The van der Waals surface area contributed by atoms with Gasteiger partial charge in [0, 0.05) is 15.8 Å². The van der Waals surface area contributed by atoms with Gasteiger partial charge in [0.15, 0.2) is 0 Å². The lowest BCUT2D eigenvalue weighted by Gasteiger charge is -2.11. The van der Waals surface area contributed by atoms with Crippen molar-refractivity contribution >= 4 is 39.2 Å². The van der Waals surface area contributed by atoms with E-state index in [0.717, 1.165) is 54.2 Å². The molecule has 1 amide bonds. The minimum atomic E-state index is -0.379. The van der Waals surface area contributed by atoms with Gasteiger partial charge in [-0.1, -0.05) is 13.0 Å². The number of aryl methyl sites for hydroxylation is 2. The summed E-state index contributed by atoms with van der Waals surface area (Å²) in [6.07, 6.45) is 6.75. The number of carbonyl (C=O) groups is 2. The monoisotopic (exact) mass is 397 g/mol. The highest BCUT2D eigenvalue weighted by Gasteiger charge is 2.27. The second kappa shape index (κ2) is 7.80. The quantitative estimate of drug-likeness (QED) is 0.622. The van der Waals surface area contributed by atoms with Crippen molar-refractivity contribution in [3.05, 3.63) is 51.6 Å². The number of benzene rings is 1. The molecular formula is C22H23NO4S. The average Bonchev–Trinajstić information content (AvgIpc) is 3.27. The molecule has 4 rings (SSSR count). The Morgan fingerprint density at radius 3 is 2.86 bits per heavy atom. The SMILES string of the molecule is CCc1ccc2occ(CC(=O)Nc3sc4c(c3C(=O)OC)CCCC4)c2c1. The second-order valence-corrected chi connectivity index (χ2v) is 8.18. The lowest BCUT2D eigenvalue weighted by atomic mass is 9.95. The molecule has 1 aliphatic rings. The standard InChI is InChI=1S/C22H23NO4S/c1-3-13-8-9-17-16(10-13)14(12-27-17)11-19(24)23-21-20(22(25)26-2)15-6-4-5-7-18(15)28-21/h8-10,12H,3-7,11H2,1-2H3,(H,23,24). The predicted octanol–water partition coefficient (Wildman–Crippen LogP) is 4.90. The van der Waals surface area contributed by atoms with Crippen LogP contribution < -0.4 is 5.32 Å². The van der Waals surface area contributed by atoms with Gasteiger partial charge in [-0.3, -0.25) is 4.79 Å². The maximum atomic E-state index is 12.8. The smallest absolute Gasteiger partial charge is 0.341 e. The molecule has 0 unspecified atom stereocenters. The van der Waals surface area contributed by atoms with Gasteiger partial charge in [-0.25, -0.2) is 4.79 Å². The Morgan fingerprint density at radius 1 is 1.25 bits per heavy atom. The summed E-state index contributed by atoms with van der Waals surface area (Å²) >= 11 is 1.50. The van der Waals surface area contributed by atoms with E-state index in [1.54, 1.807) is 6.26 Å². The number of ether oxygens (including phenoxy) is 1. The molecule has 1 aliphatic carbocycles. The van der Waals surface area contributed by atoms with Crippen molar-refractivity contribution in [1.29, 1.82) is 0 Å². The minimum absolute atomic E-state index is 0.159. The number of rotatable bonds is 5. The summed E-state index contributed by atoms with van der Waals surface area (Å²) in [4.78, 5) is 26.3. The Balaban J connectivity index is 1.59. The normalized spacial score (nSPS) is 13.4. The maximum absolute atomic E-state index is 12.8. The van der Waals surface area contributed by atoms with E-state index in [1.807, 2.05) is 12.1 Å². The number of esters is 1. The summed E-state index contributed by atoms with van der Waals surface area (Å²) in [6.45, 7) is 2.10. The number of carbonyl (C=O) groups excluding carboxylic acids is 2. The number of furan rings is 1. The van der Waals surface area contributed by atoms with Crippen LogP contribution in [0.15, 0.2) is 28.9 Å². The fraction of sp³-hybridized carbons (Fsp3) is 0.364. The summed E-state index contributed by atoms with van der Waals surface area (Å²) < 4.78 is 10.6. The van der Waals surface area contributed by atoms with E-state index >= 15 is 0 Å². The van der Waals surface area contributed by atoms with Crippen LogP contribution in [-0.2, 0) is 35.2 Å². The Bertz CT molecular complexity index is 1050. The predicted molar refractivity (Wildman–Crippen MR) is 110 cm³/mol. The first-order valence-corrected chi connectivity index (χ1v) is 10.4. The number of nitrogens with one attached hydrogen (secondary N) is 1. The maximum Gasteiger partial charge on any atom is 0.341 e. The summed E-state index contributed by atoms with van der Waals surface area (Å²) in [5.74, 6) is -0.538. The molecule has 0 radical (unpaired) electrons. The Morgan fingerprint density at radius 2 is 2.07 bits per heavy atom. The van der Waals surface area contributed by atoms with Crippen LogP contribution in [0.2, 0.25) is 0 Å². The van der Waals surface area contributed by atoms with Crippen LogP contribution in [0.1, 0.15) is 51.7 Å². The van der Waals surface area contributed by atoms with Gasteiger partial charge in [-0.05, 0) is 55.4 Å². The summed E-state index contributed by atoms with van der Waals surface area (Å²) in [7, 11) is 1.38. The third kappa shape index (κ3) is 3.44. The zero-order valence-electron chi connectivity index (χ0n) is 16.1. The molecule has 0 atom stereocenters. The van der Waals surface area contributed by atoms with Gasteiger partial charge in [0.1, 0.15) is 10.6 Å². The molecular weight excluding hydrogens is 374 g/mol. The molecule has 1 aromatic carbocycles. The summed E-state index contributed by atoms with van der Waals surface area (Å²) in [6, 6.07) is 6.05. The second-order valence-electron chi connectivity index (χ2n) is 7.08. The van der Waals surface area contributed by atoms with Crippen LogP contribution in [0.5, 0.6) is 0 Å². The summed E-state index contributed by atoms with van der Waals surface area (Å²) in [5.41, 5.74) is 4.40. The molecule has 146 valence electrons. The average molecular weight is 397 g/mol. The lowest BCUT2D eigenvalue weighted by molar-refractivity contribution is -0.115. The molecule has 3 aromatic rings. The number of hydrogen-bond donors (Lipinski definition) is 1. The third-order valence-corrected chi connectivity index (χ3v) is 6.50. The van der Waals surface area contributed by atoms with E-state index in [0.29, 0.717) is 10.6 Å². The van der Waals surface area contributed by atoms with Crippen LogP contribution in [0.3, 0.4) is 0 Å². The van der Waals surface area contributed by atoms with Crippen molar-refractivity contribution in [3.63, 3.8) is 0 Å². The molecule has 0 saturated carbocycles. The van der Waals surface area contributed by atoms with Crippen LogP contribution in [-0.4, -0.2) is 19.0 Å². The molecule has 2 heterocycles. The molecule has 1 N–H and O–H groups in total. The molecule has 0 spiro atoms. The van der Waals surface area contributed by atoms with Crippen LogP contribution in [0, 0.1) is 0 Å². The first kappa shape index (κ1) is 18.7. The van der Waals surface area contributed by atoms with E-state index in [-0.39, 0.29) is 18.3 Å². The molecule has 5 nitrogen and oxygen atoms in total. The van der Waals surface area contributed by atoms with Crippen LogP contribution in [0.4, 0.5) is 5.00 Å². The highest BCUT2D eigenvalue weighted by Crippen LogP contribution is 2.38. The zero-order chi connectivity index (χ0) is 19.7. The Labute approximate surface area is 167 Å². The van der Waals surface area contributed by atoms with Gasteiger partial charge < -0.3 is 14.5 Å². The largest absolute Gasteiger partial charge is 0.465 e. The zero-order valence-corrected chi connectivity index (χ0v) is 16.9. The lowest BCUT2D eigenvalue weighted by Crippen LogP contribution is -2.16. The highest BCUT2D eigenvalue weighted by molar-refractivity contribution is 7.17. The van der Waals surface area contributed by atoms with Crippen molar-refractivity contribution < 1.29 is 18.7 Å². The van der Waals surface area contributed by atoms with Crippen molar-refractivity contribution in [1.82, 2.24) is 0 Å². The number of thiophene rings is 1. The van der Waals surface area contributed by atoms with Crippen LogP contribution in [0.25, 0.3) is 11.0 Å². The third-order valence-electron chi connectivity index (χ3n) is 5.29. The number of methoxy groups -OCH3 is 1. The summed E-state index contributed by atoms with van der Waals surface area (Å²) in [5, 5.41) is 4.52. The molecule has 0 aliphatic heterocycles. The van der Waals surface area contributed by atoms with E-state index in [2.05, 4.69) is 18.3 Å². The fourth-order valence-corrected chi connectivity index (χ4v) is 5.10. The van der Waals surface area contributed by atoms with E-state index in [1.165, 1.54) is 28.9 Å². The van der Waals surface area contributed by atoms with Gasteiger partial charge in [0.25, 0.3) is 0 Å². The molecule has 0 bridgehead atoms. The molecule has 0 saturated heterocycles. The molecule has 2 aromatic heterocycles. The number of anilines is 1. The van der Waals surface area contributed by atoms with E-state index < -0.39 is 0 Å². The minimum Gasteiger partial charge on any atom is -0.465 e.